The molecule has 0 radical (unpaired) electrons. The van der Waals surface area contributed by atoms with Gasteiger partial charge in [0, 0.05) is 5.92 Å². The molecular weight excluding hydrogens is 220 g/mol. The predicted molar refractivity (Wildman–Crippen MR) is 76.3 cm³/mol. The Morgan fingerprint density at radius 1 is 1.00 bits per heavy atom. The van der Waals surface area contributed by atoms with Crippen molar-refractivity contribution in [2.24, 2.45) is 0 Å². The molecule has 0 aliphatic carbocycles. The molecule has 1 heteroatoms. The molecule has 18 heavy (non-hydrogen) atoms. The number of hydrogen-bond donors (Lipinski definition) is 0. The van der Waals surface area contributed by atoms with E-state index in [4.69, 9.17) is 4.74 Å². The normalized spacial score (nSPS) is 12.2. The zero-order chi connectivity index (χ0) is 13.0. The lowest BCUT2D eigenvalue weighted by atomic mass is 9.90. The average molecular weight is 240 g/mol. The summed E-state index contributed by atoms with van der Waals surface area (Å²) >= 11 is 0. The van der Waals surface area contributed by atoms with Crippen molar-refractivity contribution in [3.63, 3.8) is 0 Å². The zero-order valence-corrected chi connectivity index (χ0v) is 11.3. The van der Waals surface area contributed by atoms with Crippen molar-refractivity contribution in [1.82, 2.24) is 0 Å². The second-order valence-electron chi connectivity index (χ2n) is 4.58. The number of aryl methyl sites for hydroxylation is 1. The Labute approximate surface area is 109 Å². The monoisotopic (exact) mass is 240 g/mol. The van der Waals surface area contributed by atoms with Gasteiger partial charge in [0.25, 0.3) is 0 Å². The van der Waals surface area contributed by atoms with E-state index in [0.29, 0.717) is 12.5 Å². The standard InChI is InChI=1S/C17H20O/c1-4-18-16-11-9-15(10-12-16)14(3)17-8-6-5-7-13(17)2/h5-12,14H,4H2,1-3H3. The summed E-state index contributed by atoms with van der Waals surface area (Å²) in [7, 11) is 0. The summed E-state index contributed by atoms with van der Waals surface area (Å²) < 4.78 is 5.47. The van der Waals surface area contributed by atoms with Crippen LogP contribution in [0.3, 0.4) is 0 Å². The van der Waals surface area contributed by atoms with Gasteiger partial charge in [-0.05, 0) is 42.7 Å². The Morgan fingerprint density at radius 3 is 2.28 bits per heavy atom. The minimum Gasteiger partial charge on any atom is -0.494 e. The Balaban J connectivity index is 2.23. The van der Waals surface area contributed by atoms with E-state index in [1.807, 2.05) is 19.1 Å². The summed E-state index contributed by atoms with van der Waals surface area (Å²) in [6.07, 6.45) is 0. The molecule has 94 valence electrons. The molecule has 0 aromatic heterocycles. The van der Waals surface area contributed by atoms with Gasteiger partial charge < -0.3 is 4.74 Å². The topological polar surface area (TPSA) is 9.23 Å². The molecule has 2 aromatic rings. The molecular formula is C17H20O. The third-order valence-corrected chi connectivity index (χ3v) is 3.35. The first-order chi connectivity index (χ1) is 8.72. The van der Waals surface area contributed by atoms with Crippen LogP contribution in [0.5, 0.6) is 5.75 Å². The summed E-state index contributed by atoms with van der Waals surface area (Å²) in [5, 5.41) is 0. The van der Waals surface area contributed by atoms with Crippen molar-refractivity contribution in [1.29, 1.82) is 0 Å². The van der Waals surface area contributed by atoms with Crippen LogP contribution in [-0.2, 0) is 0 Å². The third-order valence-electron chi connectivity index (χ3n) is 3.35. The summed E-state index contributed by atoms with van der Waals surface area (Å²) in [4.78, 5) is 0. The second kappa shape index (κ2) is 5.72. The van der Waals surface area contributed by atoms with Crippen LogP contribution in [-0.4, -0.2) is 6.61 Å². The Kier molecular flexibility index (Phi) is 4.03. The molecule has 2 rings (SSSR count). The van der Waals surface area contributed by atoms with Gasteiger partial charge in [-0.3, -0.25) is 0 Å². The molecule has 0 heterocycles. The molecule has 0 amide bonds. The fourth-order valence-corrected chi connectivity index (χ4v) is 2.27. The van der Waals surface area contributed by atoms with Crippen molar-refractivity contribution in [3.05, 3.63) is 65.2 Å². The van der Waals surface area contributed by atoms with Crippen molar-refractivity contribution in [2.45, 2.75) is 26.7 Å². The summed E-state index contributed by atoms with van der Waals surface area (Å²) in [5.74, 6) is 1.36. The molecule has 0 aliphatic rings. The molecule has 0 bridgehead atoms. The van der Waals surface area contributed by atoms with Gasteiger partial charge in [0.1, 0.15) is 5.75 Å². The fraction of sp³-hybridized carbons (Fsp3) is 0.294. The molecule has 0 saturated heterocycles. The average Bonchev–Trinajstić information content (AvgIpc) is 2.40. The lowest BCUT2D eigenvalue weighted by Crippen LogP contribution is -1.99. The Bertz CT molecular complexity index is 499. The summed E-state index contributed by atoms with van der Waals surface area (Å²) in [5.41, 5.74) is 4.06. The van der Waals surface area contributed by atoms with Gasteiger partial charge in [-0.25, -0.2) is 0 Å². The molecule has 0 spiro atoms. The first kappa shape index (κ1) is 12.7. The van der Waals surface area contributed by atoms with Crippen LogP contribution in [0.25, 0.3) is 0 Å². The van der Waals surface area contributed by atoms with Crippen LogP contribution in [0.15, 0.2) is 48.5 Å². The van der Waals surface area contributed by atoms with E-state index < -0.39 is 0 Å². The number of benzene rings is 2. The third kappa shape index (κ3) is 2.73. The minimum atomic E-state index is 0.418. The van der Waals surface area contributed by atoms with Gasteiger partial charge in [-0.2, -0.15) is 0 Å². The highest BCUT2D eigenvalue weighted by atomic mass is 16.5. The zero-order valence-electron chi connectivity index (χ0n) is 11.3. The first-order valence-corrected chi connectivity index (χ1v) is 6.50. The molecule has 0 N–H and O–H groups in total. The lowest BCUT2D eigenvalue weighted by molar-refractivity contribution is 0.340. The highest BCUT2D eigenvalue weighted by Crippen LogP contribution is 2.27. The molecule has 1 nitrogen and oxygen atoms in total. The van der Waals surface area contributed by atoms with Crippen LogP contribution in [0.1, 0.15) is 36.5 Å². The van der Waals surface area contributed by atoms with Crippen LogP contribution < -0.4 is 4.74 Å². The molecule has 1 unspecified atom stereocenters. The van der Waals surface area contributed by atoms with Gasteiger partial charge in [-0.1, -0.05) is 43.3 Å². The van der Waals surface area contributed by atoms with E-state index in [-0.39, 0.29) is 0 Å². The smallest absolute Gasteiger partial charge is 0.119 e. The van der Waals surface area contributed by atoms with Gasteiger partial charge in [0.15, 0.2) is 0 Å². The highest BCUT2D eigenvalue weighted by Gasteiger charge is 2.10. The number of hydrogen-bond acceptors (Lipinski definition) is 1. The van der Waals surface area contributed by atoms with Crippen molar-refractivity contribution in [3.8, 4) is 5.75 Å². The van der Waals surface area contributed by atoms with Crippen LogP contribution >= 0.6 is 0 Å². The van der Waals surface area contributed by atoms with Crippen LogP contribution in [0.4, 0.5) is 0 Å². The maximum absolute atomic E-state index is 5.47. The molecule has 2 aromatic carbocycles. The fourth-order valence-electron chi connectivity index (χ4n) is 2.27. The largest absolute Gasteiger partial charge is 0.494 e. The van der Waals surface area contributed by atoms with E-state index >= 15 is 0 Å². The quantitative estimate of drug-likeness (QED) is 0.762. The summed E-state index contributed by atoms with van der Waals surface area (Å²) in [6.45, 7) is 7.13. The lowest BCUT2D eigenvalue weighted by Gasteiger charge is -2.15. The van der Waals surface area contributed by atoms with Crippen LogP contribution in [0.2, 0.25) is 0 Å². The van der Waals surface area contributed by atoms with Gasteiger partial charge in [-0.15, -0.1) is 0 Å². The molecule has 0 fully saturated rings. The first-order valence-electron chi connectivity index (χ1n) is 6.50. The van der Waals surface area contributed by atoms with E-state index in [1.54, 1.807) is 0 Å². The SMILES string of the molecule is CCOc1ccc(C(C)c2ccccc2C)cc1. The predicted octanol–water partition coefficient (Wildman–Crippen LogP) is 4.55. The highest BCUT2D eigenvalue weighted by molar-refractivity contribution is 5.38. The van der Waals surface area contributed by atoms with Crippen molar-refractivity contribution >= 4 is 0 Å². The van der Waals surface area contributed by atoms with Crippen LogP contribution in [0, 0.1) is 6.92 Å². The maximum Gasteiger partial charge on any atom is 0.119 e. The summed E-state index contributed by atoms with van der Waals surface area (Å²) in [6, 6.07) is 17.0. The minimum absolute atomic E-state index is 0.418. The Hall–Kier alpha value is -1.76. The molecule has 1 atom stereocenters. The van der Waals surface area contributed by atoms with Gasteiger partial charge in [0.05, 0.1) is 6.61 Å². The Morgan fingerprint density at radius 2 is 1.67 bits per heavy atom. The van der Waals surface area contributed by atoms with E-state index in [0.717, 1.165) is 5.75 Å². The van der Waals surface area contributed by atoms with Gasteiger partial charge in [0.2, 0.25) is 0 Å². The van der Waals surface area contributed by atoms with E-state index in [9.17, 15) is 0 Å². The van der Waals surface area contributed by atoms with E-state index in [2.05, 4.69) is 50.2 Å². The molecule has 0 saturated carbocycles. The number of rotatable bonds is 4. The van der Waals surface area contributed by atoms with Gasteiger partial charge >= 0.3 is 0 Å². The maximum atomic E-state index is 5.47. The van der Waals surface area contributed by atoms with Crippen molar-refractivity contribution < 1.29 is 4.74 Å². The second-order valence-corrected chi connectivity index (χ2v) is 4.58. The number of ether oxygens (including phenoxy) is 1. The molecule has 0 aliphatic heterocycles. The van der Waals surface area contributed by atoms with E-state index in [1.165, 1.54) is 16.7 Å². The van der Waals surface area contributed by atoms with Crippen molar-refractivity contribution in [2.75, 3.05) is 6.61 Å².